The zero-order valence-electron chi connectivity index (χ0n) is 11.2. The van der Waals surface area contributed by atoms with Gasteiger partial charge in [0.2, 0.25) is 0 Å². The first-order valence-corrected chi connectivity index (χ1v) is 6.92. The normalized spacial score (nSPS) is 24.7. The summed E-state index contributed by atoms with van der Waals surface area (Å²) in [4.78, 5) is 13.9. The predicted octanol–water partition coefficient (Wildman–Crippen LogP) is 3.11. The van der Waals surface area contributed by atoms with Crippen molar-refractivity contribution in [3.8, 4) is 0 Å². The van der Waals surface area contributed by atoms with E-state index in [2.05, 4.69) is 25.7 Å². The molecule has 0 aromatic carbocycles. The minimum atomic E-state index is 0.262. The number of nitrogens with zero attached hydrogens (tertiary/aromatic N) is 1. The number of hydrogen-bond acceptors (Lipinski definition) is 2. The molecule has 0 bridgehead atoms. The molecule has 2 unspecified atom stereocenters. The average molecular weight is 225 g/mol. The van der Waals surface area contributed by atoms with Crippen molar-refractivity contribution < 1.29 is 4.79 Å². The Morgan fingerprint density at radius 3 is 2.75 bits per heavy atom. The summed E-state index contributed by atoms with van der Waals surface area (Å²) < 4.78 is 0. The van der Waals surface area contributed by atoms with Gasteiger partial charge in [0.1, 0.15) is 5.78 Å². The van der Waals surface area contributed by atoms with Gasteiger partial charge in [0.05, 0.1) is 0 Å². The van der Waals surface area contributed by atoms with Crippen molar-refractivity contribution in [3.63, 3.8) is 0 Å². The molecular weight excluding hydrogens is 198 g/mol. The second-order valence-electron chi connectivity index (χ2n) is 5.29. The van der Waals surface area contributed by atoms with E-state index in [-0.39, 0.29) is 5.92 Å². The van der Waals surface area contributed by atoms with Crippen LogP contribution in [-0.2, 0) is 4.79 Å². The van der Waals surface area contributed by atoms with Crippen LogP contribution in [0.25, 0.3) is 0 Å². The molecule has 2 heteroatoms. The van der Waals surface area contributed by atoms with Crippen LogP contribution in [0.1, 0.15) is 52.9 Å². The fraction of sp³-hybridized carbons (Fsp3) is 0.929. The SMILES string of the molecule is CCCCC(CC)CN1CCC(=O)C(C)C1. The summed E-state index contributed by atoms with van der Waals surface area (Å²) in [6.07, 6.45) is 6.04. The van der Waals surface area contributed by atoms with Crippen molar-refractivity contribution in [1.82, 2.24) is 4.90 Å². The summed E-state index contributed by atoms with van der Waals surface area (Å²) in [5.74, 6) is 1.55. The summed E-state index contributed by atoms with van der Waals surface area (Å²) in [5.41, 5.74) is 0. The molecule has 1 fully saturated rings. The fourth-order valence-electron chi connectivity index (χ4n) is 2.54. The number of carbonyl (C=O) groups excluding carboxylic acids is 1. The van der Waals surface area contributed by atoms with Gasteiger partial charge in [0.25, 0.3) is 0 Å². The highest BCUT2D eigenvalue weighted by atomic mass is 16.1. The topological polar surface area (TPSA) is 20.3 Å². The Morgan fingerprint density at radius 2 is 2.19 bits per heavy atom. The van der Waals surface area contributed by atoms with Crippen LogP contribution in [0.4, 0.5) is 0 Å². The van der Waals surface area contributed by atoms with Crippen LogP contribution >= 0.6 is 0 Å². The van der Waals surface area contributed by atoms with Crippen LogP contribution in [-0.4, -0.2) is 30.3 Å². The Morgan fingerprint density at radius 1 is 1.44 bits per heavy atom. The quantitative estimate of drug-likeness (QED) is 0.692. The lowest BCUT2D eigenvalue weighted by Crippen LogP contribution is -2.41. The molecule has 0 saturated carbocycles. The molecule has 0 radical (unpaired) electrons. The van der Waals surface area contributed by atoms with E-state index in [1.807, 2.05) is 0 Å². The molecule has 94 valence electrons. The molecule has 1 aliphatic rings. The minimum Gasteiger partial charge on any atom is -0.302 e. The first-order valence-electron chi connectivity index (χ1n) is 6.92. The molecule has 1 aliphatic heterocycles. The van der Waals surface area contributed by atoms with E-state index in [0.29, 0.717) is 5.78 Å². The van der Waals surface area contributed by atoms with Crippen LogP contribution in [0.5, 0.6) is 0 Å². The highest BCUT2D eigenvalue weighted by Gasteiger charge is 2.24. The molecule has 16 heavy (non-hydrogen) atoms. The molecule has 0 aliphatic carbocycles. The molecule has 0 spiro atoms. The van der Waals surface area contributed by atoms with E-state index in [9.17, 15) is 4.79 Å². The van der Waals surface area contributed by atoms with Crippen molar-refractivity contribution in [2.24, 2.45) is 11.8 Å². The summed E-state index contributed by atoms with van der Waals surface area (Å²) in [7, 11) is 0. The number of unbranched alkanes of at least 4 members (excludes halogenated alkanes) is 1. The van der Waals surface area contributed by atoms with Crippen LogP contribution in [0.2, 0.25) is 0 Å². The van der Waals surface area contributed by atoms with Crippen LogP contribution in [0.3, 0.4) is 0 Å². The van der Waals surface area contributed by atoms with Crippen molar-refractivity contribution in [2.45, 2.75) is 52.9 Å². The maximum Gasteiger partial charge on any atom is 0.138 e. The number of likely N-dealkylation sites (tertiary alicyclic amines) is 1. The van der Waals surface area contributed by atoms with Gasteiger partial charge in [-0.05, 0) is 12.3 Å². The Hall–Kier alpha value is -0.370. The second-order valence-corrected chi connectivity index (χ2v) is 5.29. The molecule has 0 amide bonds. The fourth-order valence-corrected chi connectivity index (χ4v) is 2.54. The van der Waals surface area contributed by atoms with Gasteiger partial charge >= 0.3 is 0 Å². The van der Waals surface area contributed by atoms with Gasteiger partial charge in [-0.3, -0.25) is 4.79 Å². The average Bonchev–Trinajstić information content (AvgIpc) is 2.29. The molecular formula is C14H27NO. The zero-order valence-corrected chi connectivity index (χ0v) is 11.2. The molecule has 2 atom stereocenters. The molecule has 1 heterocycles. The molecule has 0 aromatic rings. The Labute approximate surface area is 100 Å². The van der Waals surface area contributed by atoms with Crippen LogP contribution in [0, 0.1) is 11.8 Å². The van der Waals surface area contributed by atoms with Gasteiger partial charge in [-0.1, -0.05) is 40.0 Å². The highest BCUT2D eigenvalue weighted by Crippen LogP contribution is 2.18. The van der Waals surface area contributed by atoms with Gasteiger partial charge in [-0.15, -0.1) is 0 Å². The van der Waals surface area contributed by atoms with Gasteiger partial charge in [-0.25, -0.2) is 0 Å². The van der Waals surface area contributed by atoms with Gasteiger partial charge in [-0.2, -0.15) is 0 Å². The Balaban J connectivity index is 2.31. The number of ketones is 1. The summed E-state index contributed by atoms with van der Waals surface area (Å²) in [5, 5.41) is 0. The smallest absolute Gasteiger partial charge is 0.138 e. The van der Waals surface area contributed by atoms with Gasteiger partial charge < -0.3 is 4.90 Å². The second kappa shape index (κ2) is 7.05. The highest BCUT2D eigenvalue weighted by molar-refractivity contribution is 5.81. The summed E-state index contributed by atoms with van der Waals surface area (Å²) in [6.45, 7) is 9.80. The van der Waals surface area contributed by atoms with E-state index in [0.717, 1.165) is 25.4 Å². The van der Waals surface area contributed by atoms with Crippen molar-refractivity contribution in [2.75, 3.05) is 19.6 Å². The Bertz CT molecular complexity index is 215. The first kappa shape index (κ1) is 13.7. The van der Waals surface area contributed by atoms with E-state index in [1.165, 1.54) is 32.2 Å². The first-order chi connectivity index (χ1) is 7.67. The standard InChI is InChI=1S/C14H27NO/c1-4-6-7-13(5-2)11-15-9-8-14(16)12(3)10-15/h12-13H,4-11H2,1-3H3. The van der Waals surface area contributed by atoms with Crippen molar-refractivity contribution in [3.05, 3.63) is 0 Å². The van der Waals surface area contributed by atoms with Crippen molar-refractivity contribution >= 4 is 5.78 Å². The lowest BCUT2D eigenvalue weighted by atomic mass is 9.94. The van der Waals surface area contributed by atoms with E-state index >= 15 is 0 Å². The molecule has 1 rings (SSSR count). The van der Waals surface area contributed by atoms with Crippen LogP contribution in [0.15, 0.2) is 0 Å². The Kier molecular flexibility index (Phi) is 6.04. The van der Waals surface area contributed by atoms with Gasteiger partial charge in [0.15, 0.2) is 0 Å². The number of piperidine rings is 1. The molecule has 2 nitrogen and oxygen atoms in total. The van der Waals surface area contributed by atoms with Gasteiger partial charge in [0, 0.05) is 32.0 Å². The zero-order chi connectivity index (χ0) is 12.0. The molecule has 0 N–H and O–H groups in total. The summed E-state index contributed by atoms with van der Waals surface area (Å²) >= 11 is 0. The van der Waals surface area contributed by atoms with E-state index in [4.69, 9.17) is 0 Å². The lowest BCUT2D eigenvalue weighted by molar-refractivity contribution is -0.125. The summed E-state index contributed by atoms with van der Waals surface area (Å²) in [6, 6.07) is 0. The van der Waals surface area contributed by atoms with Crippen molar-refractivity contribution in [1.29, 1.82) is 0 Å². The van der Waals surface area contributed by atoms with E-state index < -0.39 is 0 Å². The third-order valence-corrected chi connectivity index (χ3v) is 3.82. The third kappa shape index (κ3) is 4.25. The lowest BCUT2D eigenvalue weighted by Gasteiger charge is -2.32. The third-order valence-electron chi connectivity index (χ3n) is 3.82. The number of Topliss-reactive ketones (excluding diaryl/α,β-unsaturated/α-hetero) is 1. The largest absolute Gasteiger partial charge is 0.302 e. The minimum absolute atomic E-state index is 0.262. The maximum atomic E-state index is 11.4. The maximum absolute atomic E-state index is 11.4. The van der Waals surface area contributed by atoms with Crippen LogP contribution < -0.4 is 0 Å². The number of rotatable bonds is 6. The number of hydrogen-bond donors (Lipinski definition) is 0. The number of carbonyl (C=O) groups is 1. The molecule has 1 saturated heterocycles. The predicted molar refractivity (Wildman–Crippen MR) is 68.5 cm³/mol. The molecule has 0 aromatic heterocycles. The van der Waals surface area contributed by atoms with E-state index in [1.54, 1.807) is 0 Å². The monoisotopic (exact) mass is 225 g/mol.